The number of rotatable bonds is 9. The third-order valence-electron chi connectivity index (χ3n) is 4.05. The molecular weight excluding hydrogens is 324 g/mol. The molecule has 25 heavy (non-hydrogen) atoms. The molecule has 1 aliphatic heterocycles. The van der Waals surface area contributed by atoms with Crippen molar-refractivity contribution in [3.8, 4) is 0 Å². The second-order valence-electron chi connectivity index (χ2n) is 6.24. The zero-order chi connectivity index (χ0) is 18.1. The van der Waals surface area contributed by atoms with E-state index >= 15 is 0 Å². The Morgan fingerprint density at radius 1 is 1.36 bits per heavy atom. The van der Waals surface area contributed by atoms with E-state index in [1.807, 2.05) is 6.92 Å². The standard InChI is InChI=1S/C17H28N4O4/c1-3-5-17(23)21(7-4-6-20-8-10-24-11-9-20)13-16(22)18-15-12-14(2)25-19-15/h12H,3-11,13H2,1-2H3,(H,18,19,22). The molecule has 8 nitrogen and oxygen atoms in total. The normalized spacial score (nSPS) is 15.1. The molecule has 0 aliphatic carbocycles. The lowest BCUT2D eigenvalue weighted by atomic mass is 10.2. The van der Waals surface area contributed by atoms with Crippen molar-refractivity contribution in [1.82, 2.24) is 15.0 Å². The number of ether oxygens (including phenoxy) is 1. The van der Waals surface area contributed by atoms with Crippen LogP contribution in [0.3, 0.4) is 0 Å². The topological polar surface area (TPSA) is 87.9 Å². The molecule has 0 unspecified atom stereocenters. The minimum atomic E-state index is -0.260. The van der Waals surface area contributed by atoms with Crippen molar-refractivity contribution in [1.29, 1.82) is 0 Å². The minimum absolute atomic E-state index is 0.0101. The molecule has 1 N–H and O–H groups in total. The van der Waals surface area contributed by atoms with Gasteiger partial charge in [0.1, 0.15) is 5.76 Å². The van der Waals surface area contributed by atoms with Crippen LogP contribution in [0.4, 0.5) is 5.82 Å². The van der Waals surface area contributed by atoms with Crippen LogP contribution in [0.25, 0.3) is 0 Å². The summed E-state index contributed by atoms with van der Waals surface area (Å²) < 4.78 is 10.3. The van der Waals surface area contributed by atoms with E-state index < -0.39 is 0 Å². The van der Waals surface area contributed by atoms with E-state index in [1.54, 1.807) is 17.9 Å². The first-order valence-corrected chi connectivity index (χ1v) is 8.89. The fraction of sp³-hybridized carbons (Fsp3) is 0.706. The Balaban J connectivity index is 1.81. The molecule has 0 bridgehead atoms. The number of nitrogens with one attached hydrogen (secondary N) is 1. The molecule has 0 saturated carbocycles. The summed E-state index contributed by atoms with van der Waals surface area (Å²) in [6, 6.07) is 1.65. The molecule has 0 atom stereocenters. The van der Waals surface area contributed by atoms with Gasteiger partial charge in [0.05, 0.1) is 19.8 Å². The van der Waals surface area contributed by atoms with Crippen LogP contribution in [0, 0.1) is 6.92 Å². The molecule has 2 amide bonds. The highest BCUT2D eigenvalue weighted by Crippen LogP contribution is 2.08. The molecule has 0 radical (unpaired) electrons. The van der Waals surface area contributed by atoms with Crippen LogP contribution in [0.2, 0.25) is 0 Å². The lowest BCUT2D eigenvalue weighted by molar-refractivity contribution is -0.134. The number of carbonyl (C=O) groups excluding carboxylic acids is 2. The SMILES string of the molecule is CCCC(=O)N(CCCN1CCOCC1)CC(=O)Nc1cc(C)on1. The van der Waals surface area contributed by atoms with Gasteiger partial charge in [-0.3, -0.25) is 14.5 Å². The Kier molecular flexibility index (Phi) is 7.87. The average Bonchev–Trinajstić information content (AvgIpc) is 3.00. The highest BCUT2D eigenvalue weighted by molar-refractivity contribution is 5.93. The fourth-order valence-corrected chi connectivity index (χ4v) is 2.75. The van der Waals surface area contributed by atoms with Gasteiger partial charge < -0.3 is 19.5 Å². The van der Waals surface area contributed by atoms with Gasteiger partial charge in [0.2, 0.25) is 11.8 Å². The fourth-order valence-electron chi connectivity index (χ4n) is 2.75. The van der Waals surface area contributed by atoms with E-state index in [9.17, 15) is 9.59 Å². The van der Waals surface area contributed by atoms with Crippen molar-refractivity contribution in [2.75, 3.05) is 51.3 Å². The Hall–Kier alpha value is -1.93. The van der Waals surface area contributed by atoms with Gasteiger partial charge in [-0.1, -0.05) is 12.1 Å². The molecule has 1 aromatic rings. The largest absolute Gasteiger partial charge is 0.379 e. The highest BCUT2D eigenvalue weighted by Gasteiger charge is 2.18. The highest BCUT2D eigenvalue weighted by atomic mass is 16.5. The molecule has 140 valence electrons. The Morgan fingerprint density at radius 2 is 2.12 bits per heavy atom. The molecule has 1 fully saturated rings. The number of hydrogen-bond donors (Lipinski definition) is 1. The van der Waals surface area contributed by atoms with Crippen LogP contribution in [-0.4, -0.2) is 72.7 Å². The average molecular weight is 352 g/mol. The summed E-state index contributed by atoms with van der Waals surface area (Å²) in [5, 5.41) is 6.40. The molecule has 8 heteroatoms. The van der Waals surface area contributed by atoms with Crippen molar-refractivity contribution in [3.63, 3.8) is 0 Å². The van der Waals surface area contributed by atoms with Crippen LogP contribution in [0.5, 0.6) is 0 Å². The van der Waals surface area contributed by atoms with E-state index in [-0.39, 0.29) is 18.4 Å². The van der Waals surface area contributed by atoms with Crippen LogP contribution >= 0.6 is 0 Å². The van der Waals surface area contributed by atoms with Gasteiger partial charge in [-0.25, -0.2) is 0 Å². The van der Waals surface area contributed by atoms with E-state index in [2.05, 4.69) is 15.4 Å². The van der Waals surface area contributed by atoms with Crippen LogP contribution in [-0.2, 0) is 14.3 Å². The van der Waals surface area contributed by atoms with Crippen LogP contribution in [0.15, 0.2) is 10.6 Å². The second kappa shape index (κ2) is 10.1. The van der Waals surface area contributed by atoms with Gasteiger partial charge >= 0.3 is 0 Å². The van der Waals surface area contributed by atoms with Gasteiger partial charge in [0.25, 0.3) is 0 Å². The number of nitrogens with zero attached hydrogens (tertiary/aromatic N) is 3. The number of aromatic nitrogens is 1. The van der Waals surface area contributed by atoms with Crippen molar-refractivity contribution in [2.45, 2.75) is 33.1 Å². The Bertz CT molecular complexity index is 555. The lowest BCUT2D eigenvalue weighted by Gasteiger charge is -2.28. The number of hydrogen-bond acceptors (Lipinski definition) is 6. The molecule has 0 aromatic carbocycles. The molecule has 1 saturated heterocycles. The molecule has 2 rings (SSSR count). The van der Waals surface area contributed by atoms with E-state index in [4.69, 9.17) is 9.26 Å². The second-order valence-corrected chi connectivity index (χ2v) is 6.24. The van der Waals surface area contributed by atoms with Crippen molar-refractivity contribution in [2.24, 2.45) is 0 Å². The molecule has 2 heterocycles. The zero-order valence-corrected chi connectivity index (χ0v) is 15.1. The van der Waals surface area contributed by atoms with E-state index in [1.165, 1.54) is 0 Å². The quantitative estimate of drug-likeness (QED) is 0.720. The van der Waals surface area contributed by atoms with Gasteiger partial charge in [-0.05, 0) is 19.8 Å². The maximum atomic E-state index is 12.3. The number of carbonyl (C=O) groups is 2. The lowest BCUT2D eigenvalue weighted by Crippen LogP contribution is -2.41. The summed E-state index contributed by atoms with van der Waals surface area (Å²) in [5.74, 6) is 0.749. The maximum Gasteiger partial charge on any atom is 0.245 e. The number of aryl methyl sites for hydroxylation is 1. The summed E-state index contributed by atoms with van der Waals surface area (Å²) in [4.78, 5) is 28.4. The Labute approximate surface area is 148 Å². The van der Waals surface area contributed by atoms with Crippen molar-refractivity contribution >= 4 is 17.6 Å². The monoisotopic (exact) mass is 352 g/mol. The third kappa shape index (κ3) is 6.83. The van der Waals surface area contributed by atoms with Gasteiger partial charge in [0.15, 0.2) is 5.82 Å². The van der Waals surface area contributed by atoms with Crippen molar-refractivity contribution < 1.29 is 18.8 Å². The van der Waals surface area contributed by atoms with Crippen LogP contribution < -0.4 is 5.32 Å². The first-order chi connectivity index (χ1) is 12.1. The van der Waals surface area contributed by atoms with Gasteiger partial charge in [-0.2, -0.15) is 0 Å². The Morgan fingerprint density at radius 3 is 2.76 bits per heavy atom. The summed E-state index contributed by atoms with van der Waals surface area (Å²) in [5.41, 5.74) is 0. The van der Waals surface area contributed by atoms with E-state index in [0.717, 1.165) is 45.7 Å². The number of anilines is 1. The summed E-state index contributed by atoms with van der Waals surface area (Å²) in [7, 11) is 0. The number of amides is 2. The molecular formula is C17H28N4O4. The summed E-state index contributed by atoms with van der Waals surface area (Å²) in [6.45, 7) is 8.60. The first kappa shape index (κ1) is 19.4. The predicted molar refractivity (Wildman–Crippen MR) is 93.2 cm³/mol. The predicted octanol–water partition coefficient (Wildman–Crippen LogP) is 1.27. The minimum Gasteiger partial charge on any atom is -0.379 e. The molecule has 1 aromatic heterocycles. The third-order valence-corrected chi connectivity index (χ3v) is 4.05. The summed E-state index contributed by atoms with van der Waals surface area (Å²) >= 11 is 0. The van der Waals surface area contributed by atoms with Crippen LogP contribution in [0.1, 0.15) is 31.9 Å². The van der Waals surface area contributed by atoms with Gasteiger partial charge in [0, 0.05) is 38.7 Å². The van der Waals surface area contributed by atoms with E-state index in [0.29, 0.717) is 24.5 Å². The first-order valence-electron chi connectivity index (χ1n) is 8.89. The summed E-state index contributed by atoms with van der Waals surface area (Å²) in [6.07, 6.45) is 2.06. The van der Waals surface area contributed by atoms with Crippen molar-refractivity contribution in [3.05, 3.63) is 11.8 Å². The molecule has 1 aliphatic rings. The van der Waals surface area contributed by atoms with Gasteiger partial charge in [-0.15, -0.1) is 0 Å². The zero-order valence-electron chi connectivity index (χ0n) is 15.1. The maximum absolute atomic E-state index is 12.3. The number of morpholine rings is 1. The smallest absolute Gasteiger partial charge is 0.245 e. The molecule has 0 spiro atoms.